The van der Waals surface area contributed by atoms with Crippen molar-refractivity contribution >= 4 is 21.6 Å². The van der Waals surface area contributed by atoms with Gasteiger partial charge < -0.3 is 15.2 Å². The zero-order valence-corrected chi connectivity index (χ0v) is 16.6. The van der Waals surface area contributed by atoms with Crippen molar-refractivity contribution in [2.45, 2.75) is 30.2 Å². The standard InChI is InChI=1S/C20H26N2O5S/c1-27-20(11-7-16(8-12-20)15-5-3-2-4-6-15)28(25,26)22-18(19(23)24)17-9-13-21-14-10-17/h2-8,11,17-18,21-22H,9-10,12-14H2,1H3,(H,23,24). The number of hydrogen-bond acceptors (Lipinski definition) is 5. The van der Waals surface area contributed by atoms with Crippen LogP contribution in [0.3, 0.4) is 0 Å². The number of allylic oxidation sites excluding steroid dienone is 2. The molecule has 0 amide bonds. The van der Waals surface area contributed by atoms with Crippen molar-refractivity contribution in [2.24, 2.45) is 5.92 Å². The van der Waals surface area contributed by atoms with Crippen LogP contribution in [-0.2, 0) is 19.6 Å². The van der Waals surface area contributed by atoms with Crippen LogP contribution in [0.5, 0.6) is 0 Å². The number of piperidine rings is 1. The number of carboxylic acids is 1. The van der Waals surface area contributed by atoms with Gasteiger partial charge in [-0.2, -0.15) is 4.72 Å². The van der Waals surface area contributed by atoms with E-state index < -0.39 is 27.0 Å². The van der Waals surface area contributed by atoms with Crippen LogP contribution in [0, 0.1) is 5.92 Å². The fourth-order valence-corrected chi connectivity index (χ4v) is 5.30. The number of methoxy groups -OCH3 is 1. The third-order valence-electron chi connectivity index (χ3n) is 5.43. The highest BCUT2D eigenvalue weighted by Crippen LogP contribution is 2.33. The predicted octanol–water partition coefficient (Wildman–Crippen LogP) is 1.74. The molecule has 0 bridgehead atoms. The summed E-state index contributed by atoms with van der Waals surface area (Å²) >= 11 is 0. The minimum Gasteiger partial charge on any atom is -0.480 e. The number of carbonyl (C=O) groups is 1. The van der Waals surface area contributed by atoms with Crippen LogP contribution < -0.4 is 10.0 Å². The first-order valence-corrected chi connectivity index (χ1v) is 10.8. The zero-order valence-electron chi connectivity index (χ0n) is 15.8. The van der Waals surface area contributed by atoms with Crippen LogP contribution in [0.2, 0.25) is 0 Å². The van der Waals surface area contributed by atoms with Gasteiger partial charge in [0.1, 0.15) is 6.04 Å². The van der Waals surface area contributed by atoms with E-state index in [1.165, 1.54) is 13.2 Å². The Balaban J connectivity index is 1.82. The van der Waals surface area contributed by atoms with E-state index in [-0.39, 0.29) is 12.3 Å². The van der Waals surface area contributed by atoms with Gasteiger partial charge in [-0.25, -0.2) is 8.42 Å². The minimum absolute atomic E-state index is 0.0954. The Bertz CT molecular complexity index is 860. The molecule has 0 radical (unpaired) electrons. The van der Waals surface area contributed by atoms with E-state index in [4.69, 9.17) is 4.74 Å². The van der Waals surface area contributed by atoms with E-state index in [0.717, 1.165) is 11.1 Å². The van der Waals surface area contributed by atoms with Crippen LogP contribution in [0.15, 0.2) is 48.6 Å². The third kappa shape index (κ3) is 4.20. The summed E-state index contributed by atoms with van der Waals surface area (Å²) in [6, 6.07) is 8.46. The van der Waals surface area contributed by atoms with Gasteiger partial charge in [0.15, 0.2) is 0 Å². The fraction of sp³-hybridized carbons (Fsp3) is 0.450. The zero-order chi connectivity index (χ0) is 20.2. The average Bonchev–Trinajstić information content (AvgIpc) is 2.73. The number of benzene rings is 1. The molecule has 8 heteroatoms. The van der Waals surface area contributed by atoms with Gasteiger partial charge in [-0.3, -0.25) is 4.79 Å². The van der Waals surface area contributed by atoms with E-state index in [1.54, 1.807) is 12.2 Å². The van der Waals surface area contributed by atoms with Crippen molar-refractivity contribution in [3.8, 4) is 0 Å². The summed E-state index contributed by atoms with van der Waals surface area (Å²) in [5.41, 5.74) is 1.88. The van der Waals surface area contributed by atoms with E-state index in [9.17, 15) is 18.3 Å². The summed E-state index contributed by atoms with van der Waals surface area (Å²) in [6.07, 6.45) is 6.32. The fourth-order valence-electron chi connectivity index (χ4n) is 3.70. The van der Waals surface area contributed by atoms with E-state index in [2.05, 4.69) is 10.0 Å². The molecular formula is C20H26N2O5S. The molecule has 1 fully saturated rings. The first-order valence-electron chi connectivity index (χ1n) is 9.34. The molecule has 1 aliphatic carbocycles. The monoisotopic (exact) mass is 406 g/mol. The second kappa shape index (κ2) is 8.57. The molecule has 1 saturated heterocycles. The number of ether oxygens (including phenoxy) is 1. The molecule has 2 aliphatic rings. The lowest BCUT2D eigenvalue weighted by molar-refractivity contribution is -0.140. The van der Waals surface area contributed by atoms with Crippen molar-refractivity contribution in [2.75, 3.05) is 20.2 Å². The Labute approximate surface area is 165 Å². The van der Waals surface area contributed by atoms with E-state index >= 15 is 0 Å². The lowest BCUT2D eigenvalue weighted by Crippen LogP contribution is -2.55. The molecule has 3 rings (SSSR count). The smallest absolute Gasteiger partial charge is 0.322 e. The normalized spacial score (nSPS) is 24.5. The summed E-state index contributed by atoms with van der Waals surface area (Å²) in [7, 11) is -2.77. The number of carboxylic acid groups (broad SMARTS) is 1. The molecule has 1 aromatic carbocycles. The van der Waals surface area contributed by atoms with E-state index in [1.807, 2.05) is 30.3 Å². The molecule has 1 aromatic rings. The topological polar surface area (TPSA) is 105 Å². The summed E-state index contributed by atoms with van der Waals surface area (Å²) < 4.78 is 34.1. The van der Waals surface area contributed by atoms with Crippen molar-refractivity contribution < 1.29 is 23.1 Å². The Hall–Kier alpha value is -2.00. The van der Waals surface area contributed by atoms with Crippen LogP contribution in [0.1, 0.15) is 24.8 Å². The highest BCUT2D eigenvalue weighted by molar-refractivity contribution is 7.91. The predicted molar refractivity (Wildman–Crippen MR) is 107 cm³/mol. The van der Waals surface area contributed by atoms with Gasteiger partial charge in [0.2, 0.25) is 15.0 Å². The van der Waals surface area contributed by atoms with Gasteiger partial charge in [0.25, 0.3) is 0 Å². The Morgan fingerprint density at radius 2 is 1.96 bits per heavy atom. The molecule has 152 valence electrons. The molecule has 2 atom stereocenters. The lowest BCUT2D eigenvalue weighted by atomic mass is 9.91. The highest BCUT2D eigenvalue weighted by atomic mass is 32.2. The highest BCUT2D eigenvalue weighted by Gasteiger charge is 2.46. The molecule has 28 heavy (non-hydrogen) atoms. The molecule has 0 saturated carbocycles. The first-order chi connectivity index (χ1) is 13.4. The maximum Gasteiger partial charge on any atom is 0.322 e. The second-order valence-electron chi connectivity index (χ2n) is 7.10. The SMILES string of the molecule is COC1(S(=O)(=O)NC(C(=O)O)C2CCNCC2)C=CC(c2ccccc2)=CC1. The van der Waals surface area contributed by atoms with Gasteiger partial charge in [-0.05, 0) is 49.1 Å². The third-order valence-corrected chi connectivity index (χ3v) is 7.38. The molecule has 0 spiro atoms. The molecule has 2 unspecified atom stereocenters. The van der Waals surface area contributed by atoms with Crippen LogP contribution in [-0.4, -0.2) is 50.7 Å². The lowest BCUT2D eigenvalue weighted by Gasteiger charge is -2.34. The van der Waals surface area contributed by atoms with Gasteiger partial charge in [0.05, 0.1) is 0 Å². The number of rotatable bonds is 7. The Kier molecular flexibility index (Phi) is 6.34. The first kappa shape index (κ1) is 20.7. The van der Waals surface area contributed by atoms with Crippen LogP contribution in [0.4, 0.5) is 0 Å². The maximum atomic E-state index is 13.1. The largest absolute Gasteiger partial charge is 0.480 e. The number of nitrogens with one attached hydrogen (secondary N) is 2. The van der Waals surface area contributed by atoms with E-state index in [0.29, 0.717) is 25.9 Å². The Morgan fingerprint density at radius 1 is 1.29 bits per heavy atom. The molecule has 1 heterocycles. The molecule has 3 N–H and O–H groups in total. The maximum absolute atomic E-state index is 13.1. The number of sulfonamides is 1. The van der Waals surface area contributed by atoms with Crippen molar-refractivity contribution in [3.63, 3.8) is 0 Å². The number of aliphatic carboxylic acids is 1. The second-order valence-corrected chi connectivity index (χ2v) is 9.04. The molecule has 0 aromatic heterocycles. The van der Waals surface area contributed by atoms with Crippen molar-refractivity contribution in [3.05, 3.63) is 54.1 Å². The van der Waals surface area contributed by atoms with Crippen molar-refractivity contribution in [1.82, 2.24) is 10.0 Å². The summed E-state index contributed by atoms with van der Waals surface area (Å²) in [4.78, 5) is 10.1. The van der Waals surface area contributed by atoms with Gasteiger partial charge >= 0.3 is 5.97 Å². The molecule has 7 nitrogen and oxygen atoms in total. The summed E-state index contributed by atoms with van der Waals surface area (Å²) in [5.74, 6) is -1.42. The summed E-state index contributed by atoms with van der Waals surface area (Å²) in [5, 5.41) is 12.8. The van der Waals surface area contributed by atoms with Crippen LogP contribution >= 0.6 is 0 Å². The quantitative estimate of drug-likeness (QED) is 0.637. The van der Waals surface area contributed by atoms with Crippen LogP contribution in [0.25, 0.3) is 5.57 Å². The summed E-state index contributed by atoms with van der Waals surface area (Å²) in [6.45, 7) is 1.35. The minimum atomic E-state index is -4.10. The number of hydrogen-bond donors (Lipinski definition) is 3. The molecule has 1 aliphatic heterocycles. The van der Waals surface area contributed by atoms with Gasteiger partial charge in [0, 0.05) is 13.5 Å². The molecular weight excluding hydrogens is 380 g/mol. The average molecular weight is 407 g/mol. The van der Waals surface area contributed by atoms with Gasteiger partial charge in [-0.1, -0.05) is 42.5 Å². The van der Waals surface area contributed by atoms with Gasteiger partial charge in [-0.15, -0.1) is 0 Å². The Morgan fingerprint density at radius 3 is 2.50 bits per heavy atom. The van der Waals surface area contributed by atoms with Crippen molar-refractivity contribution in [1.29, 1.82) is 0 Å².